The smallest absolute Gasteiger partial charge is 0.309 e. The molecule has 2 aliphatic heterocycles. The maximum Gasteiger partial charge on any atom is 0.309 e. The van der Waals surface area contributed by atoms with E-state index in [1.165, 1.54) is 0 Å². The summed E-state index contributed by atoms with van der Waals surface area (Å²) in [6.45, 7) is 4.79. The van der Waals surface area contributed by atoms with Crippen LogP contribution in [0.2, 0.25) is 0 Å². The van der Waals surface area contributed by atoms with Gasteiger partial charge in [-0.2, -0.15) is 0 Å². The van der Waals surface area contributed by atoms with Crippen LogP contribution in [-0.4, -0.2) is 68.7 Å². The van der Waals surface area contributed by atoms with E-state index in [1.54, 1.807) is 14.2 Å². The van der Waals surface area contributed by atoms with Gasteiger partial charge in [0.1, 0.15) is 0 Å². The number of nitrogens with zero attached hydrogens (tertiary/aromatic N) is 2. The minimum atomic E-state index is -0.132. The van der Waals surface area contributed by atoms with Gasteiger partial charge >= 0.3 is 5.97 Å². The highest BCUT2D eigenvalue weighted by atomic mass is 16.5. The molecule has 2 heterocycles. The fourth-order valence-electron chi connectivity index (χ4n) is 4.35. The van der Waals surface area contributed by atoms with Gasteiger partial charge in [-0.25, -0.2) is 0 Å². The van der Waals surface area contributed by atoms with Crippen molar-refractivity contribution in [2.45, 2.75) is 38.6 Å². The Bertz CT molecular complexity index is 715. The predicted octanol–water partition coefficient (Wildman–Crippen LogP) is 2.64. The van der Waals surface area contributed by atoms with Crippen LogP contribution >= 0.6 is 0 Å². The highest BCUT2D eigenvalue weighted by Crippen LogP contribution is 2.36. The minimum absolute atomic E-state index is 0.0784. The fraction of sp³-hybridized carbons (Fsp3) is 0.636. The molecule has 0 aromatic heterocycles. The number of carbonyl (C=O) groups excluding carboxylic acids is 2. The molecule has 2 fully saturated rings. The summed E-state index contributed by atoms with van der Waals surface area (Å²) in [4.78, 5) is 28.9. The summed E-state index contributed by atoms with van der Waals surface area (Å²) in [5.41, 5.74) is 1.15. The van der Waals surface area contributed by atoms with E-state index in [1.807, 2.05) is 24.0 Å². The van der Waals surface area contributed by atoms with E-state index in [0.717, 1.165) is 24.9 Å². The van der Waals surface area contributed by atoms with Crippen molar-refractivity contribution in [2.75, 3.05) is 47.0 Å². The van der Waals surface area contributed by atoms with Gasteiger partial charge < -0.3 is 19.1 Å². The lowest BCUT2D eigenvalue weighted by Gasteiger charge is -2.33. The first-order valence-corrected chi connectivity index (χ1v) is 10.5. The number of hydrogen-bond donors (Lipinski definition) is 0. The van der Waals surface area contributed by atoms with Crippen molar-refractivity contribution in [3.8, 4) is 11.5 Å². The number of likely N-dealkylation sites (tertiary alicyclic amines) is 2. The Balaban J connectivity index is 1.58. The molecule has 0 saturated carbocycles. The molecule has 2 saturated heterocycles. The monoisotopic (exact) mass is 404 g/mol. The number of esters is 1. The SMILES string of the molecule is CCOC(=O)C1CCN(C(=O)CN2CCC[C@H]2c2ccc(OC)c(OC)c2)CC1. The summed E-state index contributed by atoms with van der Waals surface area (Å²) in [6, 6.07) is 6.19. The first-order chi connectivity index (χ1) is 14.1. The maximum atomic E-state index is 12.9. The van der Waals surface area contributed by atoms with Crippen molar-refractivity contribution in [1.29, 1.82) is 0 Å². The largest absolute Gasteiger partial charge is 0.493 e. The first kappa shape index (κ1) is 21.4. The second kappa shape index (κ2) is 9.96. The minimum Gasteiger partial charge on any atom is -0.493 e. The van der Waals surface area contributed by atoms with Crippen molar-refractivity contribution in [1.82, 2.24) is 9.80 Å². The maximum absolute atomic E-state index is 12.9. The molecular weight excluding hydrogens is 372 g/mol. The third-order valence-electron chi connectivity index (χ3n) is 5.96. The Kier molecular flexibility index (Phi) is 7.36. The molecule has 3 rings (SSSR count). The highest BCUT2D eigenvalue weighted by molar-refractivity contribution is 5.79. The number of rotatable bonds is 7. The van der Waals surface area contributed by atoms with Gasteiger partial charge in [0.2, 0.25) is 5.91 Å². The Morgan fingerprint density at radius 2 is 1.76 bits per heavy atom. The van der Waals surface area contributed by atoms with Gasteiger partial charge in [0, 0.05) is 19.1 Å². The lowest BCUT2D eigenvalue weighted by molar-refractivity contribution is -0.151. The van der Waals surface area contributed by atoms with Crippen LogP contribution in [0.4, 0.5) is 0 Å². The molecule has 160 valence electrons. The van der Waals surface area contributed by atoms with E-state index in [9.17, 15) is 9.59 Å². The lowest BCUT2D eigenvalue weighted by Crippen LogP contribution is -2.45. The molecule has 1 atom stereocenters. The van der Waals surface area contributed by atoms with E-state index in [2.05, 4.69) is 11.0 Å². The third kappa shape index (κ3) is 5.01. The number of ether oxygens (including phenoxy) is 3. The number of methoxy groups -OCH3 is 2. The zero-order valence-corrected chi connectivity index (χ0v) is 17.7. The van der Waals surface area contributed by atoms with E-state index in [-0.39, 0.29) is 23.8 Å². The topological polar surface area (TPSA) is 68.3 Å². The molecule has 7 heteroatoms. The van der Waals surface area contributed by atoms with Crippen molar-refractivity contribution < 1.29 is 23.8 Å². The molecule has 0 bridgehead atoms. The Labute approximate surface area is 172 Å². The summed E-state index contributed by atoms with van der Waals surface area (Å²) in [5, 5.41) is 0. The van der Waals surface area contributed by atoms with Crippen molar-refractivity contribution in [3.05, 3.63) is 23.8 Å². The van der Waals surface area contributed by atoms with E-state index in [0.29, 0.717) is 50.6 Å². The molecule has 1 amide bonds. The van der Waals surface area contributed by atoms with Crippen molar-refractivity contribution in [2.24, 2.45) is 5.92 Å². The highest BCUT2D eigenvalue weighted by Gasteiger charge is 2.32. The second-order valence-corrected chi connectivity index (χ2v) is 7.65. The summed E-state index contributed by atoms with van der Waals surface area (Å²) >= 11 is 0. The number of carbonyl (C=O) groups is 2. The second-order valence-electron chi connectivity index (χ2n) is 7.65. The molecule has 0 N–H and O–H groups in total. The van der Waals surface area contributed by atoms with Crippen LogP contribution in [0.3, 0.4) is 0 Å². The third-order valence-corrected chi connectivity index (χ3v) is 5.96. The van der Waals surface area contributed by atoms with Crippen LogP contribution in [0, 0.1) is 5.92 Å². The van der Waals surface area contributed by atoms with Gasteiger partial charge in [0.05, 0.1) is 33.3 Å². The first-order valence-electron chi connectivity index (χ1n) is 10.5. The summed E-state index contributed by atoms with van der Waals surface area (Å²) < 4.78 is 15.9. The Morgan fingerprint density at radius 1 is 1.03 bits per heavy atom. The number of piperidine rings is 1. The Hall–Kier alpha value is -2.28. The van der Waals surface area contributed by atoms with Crippen LogP contribution in [-0.2, 0) is 14.3 Å². The fourth-order valence-corrected chi connectivity index (χ4v) is 4.35. The average Bonchev–Trinajstić information content (AvgIpc) is 3.21. The van der Waals surface area contributed by atoms with Crippen LogP contribution in [0.5, 0.6) is 11.5 Å². The van der Waals surface area contributed by atoms with Gasteiger partial charge in [-0.3, -0.25) is 14.5 Å². The van der Waals surface area contributed by atoms with Crippen molar-refractivity contribution >= 4 is 11.9 Å². The number of benzene rings is 1. The standard InChI is InChI=1S/C22H32N2O5/c1-4-29-22(26)16-9-12-23(13-10-16)21(25)15-24-11-5-6-18(24)17-7-8-19(27-2)20(14-17)28-3/h7-8,14,16,18H,4-6,9-13,15H2,1-3H3/t18-/m0/s1. The molecule has 2 aliphatic rings. The van der Waals surface area contributed by atoms with Gasteiger partial charge in [-0.1, -0.05) is 6.07 Å². The number of amides is 1. The van der Waals surface area contributed by atoms with Crippen LogP contribution in [0.15, 0.2) is 18.2 Å². The molecule has 0 unspecified atom stereocenters. The quantitative estimate of drug-likeness (QED) is 0.651. The average molecular weight is 405 g/mol. The van der Waals surface area contributed by atoms with Crippen LogP contribution in [0.25, 0.3) is 0 Å². The van der Waals surface area contributed by atoms with E-state index >= 15 is 0 Å². The van der Waals surface area contributed by atoms with Crippen molar-refractivity contribution in [3.63, 3.8) is 0 Å². The van der Waals surface area contributed by atoms with E-state index < -0.39 is 0 Å². The molecule has 7 nitrogen and oxygen atoms in total. The Morgan fingerprint density at radius 3 is 2.41 bits per heavy atom. The normalized spacial score (nSPS) is 20.5. The predicted molar refractivity (Wildman–Crippen MR) is 109 cm³/mol. The molecule has 0 spiro atoms. The van der Waals surface area contributed by atoms with Gasteiger partial charge in [0.25, 0.3) is 0 Å². The zero-order chi connectivity index (χ0) is 20.8. The zero-order valence-electron chi connectivity index (χ0n) is 17.7. The van der Waals surface area contributed by atoms with Gasteiger partial charge in [-0.05, 0) is 56.8 Å². The number of hydrogen-bond acceptors (Lipinski definition) is 6. The summed E-state index contributed by atoms with van der Waals surface area (Å²) in [7, 11) is 3.26. The molecule has 1 aromatic rings. The molecule has 29 heavy (non-hydrogen) atoms. The van der Waals surface area contributed by atoms with E-state index in [4.69, 9.17) is 14.2 Å². The molecule has 0 radical (unpaired) electrons. The molecule has 1 aromatic carbocycles. The lowest BCUT2D eigenvalue weighted by atomic mass is 9.97. The summed E-state index contributed by atoms with van der Waals surface area (Å²) in [6.07, 6.45) is 3.46. The van der Waals surface area contributed by atoms with Gasteiger partial charge in [-0.15, -0.1) is 0 Å². The van der Waals surface area contributed by atoms with Crippen LogP contribution < -0.4 is 9.47 Å². The van der Waals surface area contributed by atoms with Crippen LogP contribution in [0.1, 0.15) is 44.2 Å². The summed E-state index contributed by atoms with van der Waals surface area (Å²) in [5.74, 6) is 1.35. The molecular formula is C22H32N2O5. The van der Waals surface area contributed by atoms with Gasteiger partial charge in [0.15, 0.2) is 11.5 Å². The molecule has 0 aliphatic carbocycles.